The van der Waals surface area contributed by atoms with Crippen molar-refractivity contribution < 1.29 is 0 Å². The van der Waals surface area contributed by atoms with Crippen molar-refractivity contribution in [1.82, 2.24) is 15.3 Å². The lowest BCUT2D eigenvalue weighted by atomic mass is 9.90. The van der Waals surface area contributed by atoms with E-state index in [9.17, 15) is 0 Å². The smallest absolute Gasteiger partial charge is 0.225 e. The first kappa shape index (κ1) is 13.3. The number of hydrogen-bond donors (Lipinski definition) is 1. The van der Waals surface area contributed by atoms with Gasteiger partial charge in [-0.2, -0.15) is 0 Å². The molecule has 0 atom stereocenters. The minimum absolute atomic E-state index is 0.556. The third kappa shape index (κ3) is 2.61. The molecule has 0 unspecified atom stereocenters. The van der Waals surface area contributed by atoms with Crippen LogP contribution < -0.4 is 10.2 Å². The van der Waals surface area contributed by atoms with Crippen molar-refractivity contribution in [2.45, 2.75) is 37.8 Å². The molecule has 0 amide bonds. The highest BCUT2D eigenvalue weighted by Gasteiger charge is 2.24. The molecule has 1 N–H and O–H groups in total. The van der Waals surface area contributed by atoms with Crippen LogP contribution in [0.5, 0.6) is 0 Å². The van der Waals surface area contributed by atoms with E-state index in [0.717, 1.165) is 16.9 Å². The highest BCUT2D eigenvalue weighted by molar-refractivity contribution is 5.78. The monoisotopic (exact) mass is 270 g/mol. The maximum Gasteiger partial charge on any atom is 0.225 e. The van der Waals surface area contributed by atoms with E-state index >= 15 is 0 Å². The Balaban J connectivity index is 1.77. The fourth-order valence-corrected chi connectivity index (χ4v) is 3.05. The molecule has 106 valence electrons. The Labute approximate surface area is 120 Å². The molecule has 1 aromatic heterocycles. The summed E-state index contributed by atoms with van der Waals surface area (Å²) in [5.74, 6) is 0.844. The third-order valence-electron chi connectivity index (χ3n) is 4.44. The SMILES string of the molecule is CNC1CCC(N(C)c2ncc3ccccc3n2)CC1. The summed E-state index contributed by atoms with van der Waals surface area (Å²) in [5.41, 5.74) is 1.02. The largest absolute Gasteiger partial charge is 0.341 e. The maximum atomic E-state index is 4.69. The summed E-state index contributed by atoms with van der Waals surface area (Å²) in [6, 6.07) is 9.38. The molecule has 1 heterocycles. The van der Waals surface area contributed by atoms with E-state index in [1.165, 1.54) is 25.7 Å². The fraction of sp³-hybridized carbons (Fsp3) is 0.500. The van der Waals surface area contributed by atoms with Crippen molar-refractivity contribution >= 4 is 16.9 Å². The molecule has 1 aliphatic rings. The molecule has 1 saturated carbocycles. The molecule has 0 radical (unpaired) electrons. The summed E-state index contributed by atoms with van der Waals surface area (Å²) in [6.45, 7) is 0. The van der Waals surface area contributed by atoms with Gasteiger partial charge in [-0.25, -0.2) is 9.97 Å². The normalized spacial score (nSPS) is 22.9. The summed E-state index contributed by atoms with van der Waals surface area (Å²) >= 11 is 0. The minimum atomic E-state index is 0.556. The standard InChI is InChI=1S/C16H22N4/c1-17-13-7-9-14(10-8-13)20(2)16-18-11-12-5-3-4-6-15(12)19-16/h3-6,11,13-14,17H,7-10H2,1-2H3. The quantitative estimate of drug-likeness (QED) is 0.931. The van der Waals surface area contributed by atoms with Crippen molar-refractivity contribution in [2.75, 3.05) is 19.0 Å². The van der Waals surface area contributed by atoms with Crippen LogP contribution in [0.4, 0.5) is 5.95 Å². The van der Waals surface area contributed by atoms with Crippen LogP contribution >= 0.6 is 0 Å². The zero-order valence-electron chi connectivity index (χ0n) is 12.2. The van der Waals surface area contributed by atoms with Crippen LogP contribution in [-0.2, 0) is 0 Å². The highest BCUT2D eigenvalue weighted by atomic mass is 15.2. The van der Waals surface area contributed by atoms with Crippen molar-refractivity contribution in [3.8, 4) is 0 Å². The molecular weight excluding hydrogens is 248 g/mol. The average Bonchev–Trinajstić information content (AvgIpc) is 2.54. The molecule has 0 bridgehead atoms. The van der Waals surface area contributed by atoms with E-state index in [1.807, 2.05) is 24.4 Å². The fourth-order valence-electron chi connectivity index (χ4n) is 3.05. The Morgan fingerprint density at radius 3 is 2.65 bits per heavy atom. The lowest BCUT2D eigenvalue weighted by Gasteiger charge is -2.34. The van der Waals surface area contributed by atoms with Gasteiger partial charge in [-0.15, -0.1) is 0 Å². The Bertz CT molecular complexity index is 575. The molecule has 1 fully saturated rings. The first-order valence-electron chi connectivity index (χ1n) is 7.40. The zero-order chi connectivity index (χ0) is 13.9. The molecule has 1 aliphatic carbocycles. The number of hydrogen-bond acceptors (Lipinski definition) is 4. The van der Waals surface area contributed by atoms with Crippen LogP contribution in [0.3, 0.4) is 0 Å². The number of nitrogens with one attached hydrogen (secondary N) is 1. The Morgan fingerprint density at radius 1 is 1.15 bits per heavy atom. The van der Waals surface area contributed by atoms with Crippen LogP contribution in [0.25, 0.3) is 10.9 Å². The van der Waals surface area contributed by atoms with Gasteiger partial charge in [0.15, 0.2) is 0 Å². The number of para-hydroxylation sites is 1. The summed E-state index contributed by atoms with van der Waals surface area (Å²) in [6.07, 6.45) is 6.81. The van der Waals surface area contributed by atoms with Crippen molar-refractivity contribution in [3.05, 3.63) is 30.5 Å². The summed E-state index contributed by atoms with van der Waals surface area (Å²) < 4.78 is 0. The van der Waals surface area contributed by atoms with Crippen LogP contribution in [-0.4, -0.2) is 36.1 Å². The molecule has 4 heteroatoms. The molecule has 3 rings (SSSR count). The topological polar surface area (TPSA) is 41.0 Å². The second kappa shape index (κ2) is 5.75. The molecule has 2 aromatic rings. The zero-order valence-corrected chi connectivity index (χ0v) is 12.2. The Kier molecular flexibility index (Phi) is 3.83. The number of anilines is 1. The lowest BCUT2D eigenvalue weighted by molar-refractivity contribution is 0.349. The number of rotatable bonds is 3. The van der Waals surface area contributed by atoms with Gasteiger partial charge in [0.2, 0.25) is 5.95 Å². The first-order valence-corrected chi connectivity index (χ1v) is 7.40. The third-order valence-corrected chi connectivity index (χ3v) is 4.44. The van der Waals surface area contributed by atoms with Gasteiger partial charge in [0.1, 0.15) is 0 Å². The summed E-state index contributed by atoms with van der Waals surface area (Å²) in [7, 11) is 4.18. The molecule has 1 aromatic carbocycles. The van der Waals surface area contributed by atoms with Gasteiger partial charge in [0.05, 0.1) is 5.52 Å². The van der Waals surface area contributed by atoms with Crippen molar-refractivity contribution in [1.29, 1.82) is 0 Å². The van der Waals surface area contributed by atoms with Crippen LogP contribution in [0.15, 0.2) is 30.5 Å². The average molecular weight is 270 g/mol. The van der Waals surface area contributed by atoms with E-state index < -0.39 is 0 Å². The van der Waals surface area contributed by atoms with Crippen LogP contribution in [0.2, 0.25) is 0 Å². The van der Waals surface area contributed by atoms with E-state index in [4.69, 9.17) is 0 Å². The van der Waals surface area contributed by atoms with Crippen LogP contribution in [0, 0.1) is 0 Å². The molecular formula is C16H22N4. The number of aromatic nitrogens is 2. The Hall–Kier alpha value is -1.68. The highest BCUT2D eigenvalue weighted by Crippen LogP contribution is 2.25. The predicted molar refractivity (Wildman–Crippen MR) is 83.0 cm³/mol. The van der Waals surface area contributed by atoms with Gasteiger partial charge in [-0.1, -0.05) is 18.2 Å². The predicted octanol–water partition coefficient (Wildman–Crippen LogP) is 2.60. The minimum Gasteiger partial charge on any atom is -0.341 e. The second-order valence-corrected chi connectivity index (χ2v) is 5.63. The van der Waals surface area contributed by atoms with Gasteiger partial charge < -0.3 is 10.2 Å². The lowest BCUT2D eigenvalue weighted by Crippen LogP contribution is -2.40. The van der Waals surface area contributed by atoms with Gasteiger partial charge in [-0.3, -0.25) is 0 Å². The number of nitrogens with zero attached hydrogens (tertiary/aromatic N) is 3. The van der Waals surface area contributed by atoms with Gasteiger partial charge >= 0.3 is 0 Å². The summed E-state index contributed by atoms with van der Waals surface area (Å²) in [4.78, 5) is 11.5. The molecule has 4 nitrogen and oxygen atoms in total. The van der Waals surface area contributed by atoms with Gasteiger partial charge in [-0.05, 0) is 38.8 Å². The van der Waals surface area contributed by atoms with E-state index in [2.05, 4.69) is 40.3 Å². The molecule has 0 spiro atoms. The van der Waals surface area contributed by atoms with Crippen molar-refractivity contribution in [3.63, 3.8) is 0 Å². The van der Waals surface area contributed by atoms with Crippen LogP contribution in [0.1, 0.15) is 25.7 Å². The Morgan fingerprint density at radius 2 is 1.90 bits per heavy atom. The molecule has 0 saturated heterocycles. The number of fused-ring (bicyclic) bond motifs is 1. The van der Waals surface area contributed by atoms with E-state index in [0.29, 0.717) is 12.1 Å². The molecule has 0 aliphatic heterocycles. The van der Waals surface area contributed by atoms with Gasteiger partial charge in [0, 0.05) is 30.7 Å². The van der Waals surface area contributed by atoms with E-state index in [-0.39, 0.29) is 0 Å². The summed E-state index contributed by atoms with van der Waals surface area (Å²) in [5, 5.41) is 4.48. The maximum absolute atomic E-state index is 4.69. The molecule has 20 heavy (non-hydrogen) atoms. The van der Waals surface area contributed by atoms with E-state index in [1.54, 1.807) is 0 Å². The van der Waals surface area contributed by atoms with Gasteiger partial charge in [0.25, 0.3) is 0 Å². The second-order valence-electron chi connectivity index (χ2n) is 5.63. The van der Waals surface area contributed by atoms with Crippen molar-refractivity contribution in [2.24, 2.45) is 0 Å². The number of benzene rings is 1. The first-order chi connectivity index (χ1) is 9.78.